The number of aryl methyl sites for hydroxylation is 1. The van der Waals surface area contributed by atoms with Crippen LogP contribution in [0, 0.1) is 24.6 Å². The number of aromatic nitrogens is 4. The number of nitrogens with zero attached hydrogens (tertiary/aromatic N) is 5. The van der Waals surface area contributed by atoms with Gasteiger partial charge in [-0.3, -0.25) is 4.90 Å². The molecule has 1 unspecified atom stereocenters. The number of anilines is 2. The van der Waals surface area contributed by atoms with E-state index in [1.54, 1.807) is 23.5 Å². The first-order valence-corrected chi connectivity index (χ1v) is 16.7. The van der Waals surface area contributed by atoms with E-state index in [0.717, 1.165) is 56.4 Å². The minimum absolute atomic E-state index is 0.0535. The van der Waals surface area contributed by atoms with Gasteiger partial charge in [-0.05, 0) is 94.6 Å². The van der Waals surface area contributed by atoms with E-state index in [4.69, 9.17) is 4.74 Å². The van der Waals surface area contributed by atoms with Crippen molar-refractivity contribution in [1.29, 1.82) is 0 Å². The highest BCUT2D eigenvalue weighted by Crippen LogP contribution is 2.41. The van der Waals surface area contributed by atoms with E-state index in [-0.39, 0.29) is 24.0 Å². The third kappa shape index (κ3) is 7.02. The maximum atomic E-state index is 14.6. The maximum absolute atomic E-state index is 14.6. The van der Waals surface area contributed by atoms with Gasteiger partial charge in [0.1, 0.15) is 5.01 Å². The van der Waals surface area contributed by atoms with E-state index in [9.17, 15) is 14.3 Å². The highest BCUT2D eigenvalue weighted by molar-refractivity contribution is 7.22. The molecule has 0 bridgehead atoms. The second-order valence-corrected chi connectivity index (χ2v) is 13.5. The van der Waals surface area contributed by atoms with Gasteiger partial charge in [-0.1, -0.05) is 35.3 Å². The number of para-hydroxylation sites is 1. The average Bonchev–Trinajstić information content (AvgIpc) is 3.65. The van der Waals surface area contributed by atoms with E-state index >= 15 is 0 Å². The van der Waals surface area contributed by atoms with Gasteiger partial charge in [0.15, 0.2) is 28.2 Å². The average molecular weight is 657 g/mol. The van der Waals surface area contributed by atoms with Crippen molar-refractivity contribution in [2.75, 3.05) is 32.6 Å². The molecule has 0 aliphatic heterocycles. The lowest BCUT2D eigenvalue weighted by Gasteiger charge is -2.24. The minimum Gasteiger partial charge on any atom is -0.491 e. The summed E-state index contributed by atoms with van der Waals surface area (Å²) in [5, 5.41) is 24.0. The number of thiazole rings is 2. The Morgan fingerprint density at radius 1 is 1.17 bits per heavy atom. The second kappa shape index (κ2) is 13.9. The van der Waals surface area contributed by atoms with Gasteiger partial charge in [-0.15, -0.1) is 16.4 Å². The molecular formula is C34H33FN6O3S2. The molecule has 1 atom stereocenters. The Hall–Kier alpha value is -4.44. The molecule has 0 amide bonds. The van der Waals surface area contributed by atoms with Crippen LogP contribution in [0.4, 0.5) is 15.3 Å². The van der Waals surface area contributed by atoms with Crippen LogP contribution in [0.25, 0.3) is 10.2 Å². The summed E-state index contributed by atoms with van der Waals surface area (Å²) in [6, 6.07) is 12.6. The molecule has 1 aliphatic carbocycles. The van der Waals surface area contributed by atoms with Crippen molar-refractivity contribution in [3.05, 3.63) is 86.2 Å². The summed E-state index contributed by atoms with van der Waals surface area (Å²) in [6.07, 6.45) is 3.57. The summed E-state index contributed by atoms with van der Waals surface area (Å²) in [4.78, 5) is 24.0. The van der Waals surface area contributed by atoms with Gasteiger partial charge >= 0.3 is 5.97 Å². The van der Waals surface area contributed by atoms with E-state index in [2.05, 4.69) is 37.3 Å². The Labute approximate surface area is 274 Å². The number of ether oxygens (including phenoxy) is 1. The zero-order valence-corrected chi connectivity index (χ0v) is 27.4. The molecule has 2 N–H and O–H groups in total. The van der Waals surface area contributed by atoms with Crippen LogP contribution in [0.1, 0.15) is 67.9 Å². The molecule has 0 radical (unpaired) electrons. The Morgan fingerprint density at radius 3 is 2.80 bits per heavy atom. The Balaban J connectivity index is 1.13. The first-order chi connectivity index (χ1) is 22.3. The van der Waals surface area contributed by atoms with Crippen molar-refractivity contribution >= 4 is 49.8 Å². The molecule has 12 heteroatoms. The molecule has 1 aliphatic rings. The SMILES string of the molecule is Cc1c(Nc2nc3ccccc3s2)nnc2c1CCCC2c1nc(C(=O)O)c(CCCOc2ccc(C#CCN(C)C)cc2F)s1. The van der Waals surface area contributed by atoms with Gasteiger partial charge in [0.05, 0.1) is 35.0 Å². The first kappa shape index (κ1) is 31.5. The summed E-state index contributed by atoms with van der Waals surface area (Å²) in [5.41, 5.74) is 4.56. The smallest absolute Gasteiger partial charge is 0.355 e. The van der Waals surface area contributed by atoms with E-state index in [1.807, 2.05) is 50.2 Å². The van der Waals surface area contributed by atoms with Gasteiger partial charge in [-0.2, -0.15) is 5.10 Å². The van der Waals surface area contributed by atoms with Crippen LogP contribution >= 0.6 is 22.7 Å². The van der Waals surface area contributed by atoms with Crippen molar-refractivity contribution in [2.24, 2.45) is 0 Å². The Bertz CT molecular complexity index is 1930. The fourth-order valence-corrected chi connectivity index (χ4v) is 7.54. The molecule has 236 valence electrons. The number of fused-ring (bicyclic) bond motifs is 2. The van der Waals surface area contributed by atoms with Gasteiger partial charge in [0, 0.05) is 10.4 Å². The molecule has 9 nitrogen and oxygen atoms in total. The lowest BCUT2D eigenvalue weighted by atomic mass is 9.85. The lowest BCUT2D eigenvalue weighted by Crippen LogP contribution is -2.17. The largest absolute Gasteiger partial charge is 0.491 e. The number of hydrogen-bond donors (Lipinski definition) is 2. The number of nitrogens with one attached hydrogen (secondary N) is 1. The fourth-order valence-electron chi connectivity index (χ4n) is 5.44. The minimum atomic E-state index is -1.07. The molecule has 5 aromatic rings. The van der Waals surface area contributed by atoms with E-state index in [1.165, 1.54) is 17.4 Å². The van der Waals surface area contributed by atoms with E-state index < -0.39 is 11.8 Å². The Morgan fingerprint density at radius 2 is 2.02 bits per heavy atom. The number of carbonyl (C=O) groups is 1. The van der Waals surface area contributed by atoms with Gasteiger partial charge in [-0.25, -0.2) is 19.2 Å². The molecular weight excluding hydrogens is 624 g/mol. The van der Waals surface area contributed by atoms with Crippen molar-refractivity contribution in [3.8, 4) is 17.6 Å². The molecule has 3 heterocycles. The summed E-state index contributed by atoms with van der Waals surface area (Å²) >= 11 is 2.97. The third-order valence-corrected chi connectivity index (χ3v) is 9.90. The quantitative estimate of drug-likeness (QED) is 0.123. The van der Waals surface area contributed by atoms with Crippen LogP contribution < -0.4 is 10.1 Å². The maximum Gasteiger partial charge on any atom is 0.355 e. The predicted octanol–water partition coefficient (Wildman–Crippen LogP) is 6.83. The summed E-state index contributed by atoms with van der Waals surface area (Å²) in [7, 11) is 3.84. The van der Waals surface area contributed by atoms with Crippen LogP contribution in [-0.4, -0.2) is 63.4 Å². The van der Waals surface area contributed by atoms with Crippen LogP contribution in [-0.2, 0) is 12.8 Å². The number of aromatic carboxylic acids is 1. The molecule has 6 rings (SSSR count). The lowest BCUT2D eigenvalue weighted by molar-refractivity contribution is 0.0689. The van der Waals surface area contributed by atoms with Crippen LogP contribution in [0.5, 0.6) is 5.75 Å². The number of halogens is 1. The monoisotopic (exact) mass is 656 g/mol. The molecule has 2 aromatic carbocycles. The summed E-state index contributed by atoms with van der Waals surface area (Å²) in [6.45, 7) is 2.86. The number of benzene rings is 2. The molecule has 3 aromatic heterocycles. The zero-order valence-electron chi connectivity index (χ0n) is 25.8. The van der Waals surface area contributed by atoms with Crippen LogP contribution in [0.2, 0.25) is 0 Å². The zero-order chi connectivity index (χ0) is 32.2. The number of carboxylic acids is 1. The van der Waals surface area contributed by atoms with Crippen molar-refractivity contribution in [3.63, 3.8) is 0 Å². The Kier molecular flexibility index (Phi) is 9.53. The number of carboxylic acid groups (broad SMARTS) is 1. The number of rotatable bonds is 10. The van der Waals surface area contributed by atoms with Gasteiger partial charge in [0.2, 0.25) is 0 Å². The topological polar surface area (TPSA) is 113 Å². The molecule has 0 saturated carbocycles. The van der Waals surface area contributed by atoms with Crippen molar-refractivity contribution in [1.82, 2.24) is 25.1 Å². The molecule has 0 fully saturated rings. The van der Waals surface area contributed by atoms with Crippen LogP contribution in [0.15, 0.2) is 42.5 Å². The predicted molar refractivity (Wildman–Crippen MR) is 179 cm³/mol. The normalized spacial score (nSPS) is 14.2. The fraction of sp³-hybridized carbons (Fsp3) is 0.324. The van der Waals surface area contributed by atoms with Crippen molar-refractivity contribution < 1.29 is 19.0 Å². The summed E-state index contributed by atoms with van der Waals surface area (Å²) in [5.74, 6) is 5.07. The third-order valence-electron chi connectivity index (χ3n) is 7.72. The van der Waals surface area contributed by atoms with Gasteiger partial charge < -0.3 is 15.2 Å². The second-order valence-electron chi connectivity index (χ2n) is 11.4. The molecule has 0 spiro atoms. The van der Waals surface area contributed by atoms with E-state index in [0.29, 0.717) is 35.6 Å². The highest BCUT2D eigenvalue weighted by Gasteiger charge is 2.31. The first-order valence-electron chi connectivity index (χ1n) is 15.0. The summed E-state index contributed by atoms with van der Waals surface area (Å²) < 4.78 is 21.4. The highest BCUT2D eigenvalue weighted by atomic mass is 32.1. The molecule has 0 saturated heterocycles. The standard InChI is InChI=1S/C34H33FN6O3S2/c1-20-22-10-6-11-23(29(22)39-40-31(20)38-34-36-25-12-4-5-13-27(25)46-34)32-37-30(33(42)43)28(45-32)14-8-18-44-26-16-15-21(19-24(26)35)9-7-17-41(2)3/h4-5,12-13,15-16,19,23H,6,8,10-11,14,17-18H2,1-3H3,(H,42,43)(H,36,38,40). The van der Waals surface area contributed by atoms with Gasteiger partial charge in [0.25, 0.3) is 0 Å². The molecule has 46 heavy (non-hydrogen) atoms. The number of hydrogen-bond acceptors (Lipinski definition) is 10. The van der Waals surface area contributed by atoms with Crippen molar-refractivity contribution in [2.45, 2.75) is 44.9 Å². The van der Waals surface area contributed by atoms with Crippen LogP contribution in [0.3, 0.4) is 0 Å².